The molecule has 0 aromatic heterocycles. The molecule has 5 heteroatoms. The van der Waals surface area contributed by atoms with Crippen molar-refractivity contribution < 1.29 is 14.3 Å². The summed E-state index contributed by atoms with van der Waals surface area (Å²) in [7, 11) is 0. The number of anilines is 1. The van der Waals surface area contributed by atoms with Crippen molar-refractivity contribution in [3.8, 4) is 11.5 Å². The van der Waals surface area contributed by atoms with Crippen molar-refractivity contribution in [1.29, 1.82) is 0 Å². The predicted octanol–water partition coefficient (Wildman–Crippen LogP) is 3.55. The Kier molecular flexibility index (Phi) is 5.65. The van der Waals surface area contributed by atoms with Crippen LogP contribution in [0.3, 0.4) is 0 Å². The van der Waals surface area contributed by atoms with Gasteiger partial charge >= 0.3 is 6.03 Å². The topological polar surface area (TPSA) is 59.6 Å². The molecule has 2 amide bonds. The van der Waals surface area contributed by atoms with Gasteiger partial charge in [-0.2, -0.15) is 0 Å². The summed E-state index contributed by atoms with van der Waals surface area (Å²) in [5.74, 6) is 1.26. The van der Waals surface area contributed by atoms with Crippen molar-refractivity contribution in [3.63, 3.8) is 0 Å². The Morgan fingerprint density at radius 1 is 1.00 bits per heavy atom. The van der Waals surface area contributed by atoms with Crippen molar-refractivity contribution in [2.75, 3.05) is 18.7 Å². The van der Waals surface area contributed by atoms with E-state index in [9.17, 15) is 4.79 Å². The molecule has 0 saturated heterocycles. The Morgan fingerprint density at radius 2 is 1.64 bits per heavy atom. The molecular formula is C17H20N2O3. The molecule has 116 valence electrons. The summed E-state index contributed by atoms with van der Waals surface area (Å²) in [6.45, 7) is 4.46. The smallest absolute Gasteiger partial charge is 0.321 e. The zero-order valence-electron chi connectivity index (χ0n) is 12.8. The third-order valence-electron chi connectivity index (χ3n) is 3.00. The first kappa shape index (κ1) is 15.7. The van der Waals surface area contributed by atoms with Crippen LogP contribution in [0.25, 0.3) is 0 Å². The number of ether oxygens (including phenoxy) is 2. The lowest BCUT2D eigenvalue weighted by atomic mass is 10.2. The number of hydrogen-bond acceptors (Lipinski definition) is 3. The van der Waals surface area contributed by atoms with Gasteiger partial charge in [-0.15, -0.1) is 0 Å². The van der Waals surface area contributed by atoms with Gasteiger partial charge in [-0.1, -0.05) is 30.3 Å². The Morgan fingerprint density at radius 3 is 2.32 bits per heavy atom. The first-order chi connectivity index (χ1) is 10.7. The molecule has 0 bridgehead atoms. The third kappa shape index (κ3) is 4.41. The fourth-order valence-electron chi connectivity index (χ4n) is 1.90. The number of para-hydroxylation sites is 3. The quantitative estimate of drug-likeness (QED) is 0.802. The first-order valence-electron chi connectivity index (χ1n) is 7.16. The molecule has 2 aromatic carbocycles. The van der Waals surface area contributed by atoms with Crippen molar-refractivity contribution in [1.82, 2.24) is 5.32 Å². The lowest BCUT2D eigenvalue weighted by Crippen LogP contribution is -2.32. The van der Waals surface area contributed by atoms with Crippen LogP contribution in [0.15, 0.2) is 48.5 Å². The van der Waals surface area contributed by atoms with Crippen LogP contribution in [0, 0.1) is 6.92 Å². The fraction of sp³-hybridized carbons (Fsp3) is 0.235. The summed E-state index contributed by atoms with van der Waals surface area (Å²) in [6.07, 6.45) is 0. The lowest BCUT2D eigenvalue weighted by molar-refractivity contribution is 0.229. The highest BCUT2D eigenvalue weighted by atomic mass is 16.5. The molecule has 0 atom stereocenters. The highest BCUT2D eigenvalue weighted by molar-refractivity contribution is 5.89. The number of hydrogen-bond donors (Lipinski definition) is 2. The molecule has 0 radical (unpaired) electrons. The zero-order chi connectivity index (χ0) is 15.8. The minimum atomic E-state index is -0.316. The molecule has 2 aromatic rings. The molecule has 0 unspecified atom stereocenters. The van der Waals surface area contributed by atoms with E-state index in [1.54, 1.807) is 6.07 Å². The van der Waals surface area contributed by atoms with Gasteiger partial charge in [-0.25, -0.2) is 4.79 Å². The van der Waals surface area contributed by atoms with Crippen molar-refractivity contribution in [2.24, 2.45) is 0 Å². The maximum absolute atomic E-state index is 11.8. The molecule has 0 heterocycles. The monoisotopic (exact) mass is 300 g/mol. The van der Waals surface area contributed by atoms with Gasteiger partial charge in [0.2, 0.25) is 0 Å². The molecule has 2 N–H and O–H groups in total. The Bertz CT molecular complexity index is 629. The van der Waals surface area contributed by atoms with Crippen LogP contribution in [0.4, 0.5) is 10.5 Å². The molecule has 22 heavy (non-hydrogen) atoms. The summed E-state index contributed by atoms with van der Waals surface area (Å²) >= 11 is 0. The molecule has 0 aliphatic heterocycles. The number of aryl methyl sites for hydroxylation is 1. The summed E-state index contributed by atoms with van der Waals surface area (Å²) in [6, 6.07) is 14.6. The van der Waals surface area contributed by atoms with E-state index in [1.165, 1.54) is 0 Å². The number of carbonyl (C=O) groups excluding carboxylic acids is 1. The number of carbonyl (C=O) groups is 1. The molecule has 0 saturated carbocycles. The van der Waals surface area contributed by atoms with E-state index in [0.29, 0.717) is 18.1 Å². The number of rotatable bonds is 6. The normalized spacial score (nSPS) is 9.91. The van der Waals surface area contributed by atoms with E-state index in [4.69, 9.17) is 9.47 Å². The van der Waals surface area contributed by atoms with E-state index in [2.05, 4.69) is 10.6 Å². The Hall–Kier alpha value is -2.69. The molecule has 0 fully saturated rings. The van der Waals surface area contributed by atoms with Crippen molar-refractivity contribution in [2.45, 2.75) is 13.8 Å². The highest BCUT2D eigenvalue weighted by Gasteiger charge is 2.06. The summed E-state index contributed by atoms with van der Waals surface area (Å²) < 4.78 is 11.0. The van der Waals surface area contributed by atoms with E-state index in [-0.39, 0.29) is 12.8 Å². The first-order valence-corrected chi connectivity index (χ1v) is 7.16. The number of nitrogens with one attached hydrogen (secondary N) is 2. The lowest BCUT2D eigenvalue weighted by Gasteiger charge is -2.13. The van der Waals surface area contributed by atoms with Crippen LogP contribution in [0.5, 0.6) is 11.5 Å². The standard InChI is InChI=1S/C17H20N2O3/c1-3-21-15-10-6-7-11-16(15)22-12-18-17(20)19-14-9-5-4-8-13(14)2/h4-11H,3,12H2,1-2H3,(H2,18,19,20). The number of amides is 2. The average molecular weight is 300 g/mol. The van der Waals surface area contributed by atoms with Gasteiger partial charge in [-0.3, -0.25) is 0 Å². The molecule has 0 aliphatic carbocycles. The highest BCUT2D eigenvalue weighted by Crippen LogP contribution is 2.25. The second-order valence-corrected chi connectivity index (χ2v) is 4.61. The Balaban J connectivity index is 1.84. The minimum absolute atomic E-state index is 0.0573. The SMILES string of the molecule is CCOc1ccccc1OCNC(=O)Nc1ccccc1C. The average Bonchev–Trinajstić information content (AvgIpc) is 2.51. The van der Waals surface area contributed by atoms with Crippen LogP contribution < -0.4 is 20.1 Å². The Labute approximate surface area is 130 Å². The van der Waals surface area contributed by atoms with Gasteiger partial charge in [0.05, 0.1) is 6.61 Å². The second kappa shape index (κ2) is 7.93. The predicted molar refractivity (Wildman–Crippen MR) is 86.4 cm³/mol. The van der Waals surface area contributed by atoms with Crippen LogP contribution in [0.1, 0.15) is 12.5 Å². The molecule has 5 nitrogen and oxygen atoms in total. The van der Waals surface area contributed by atoms with Crippen molar-refractivity contribution >= 4 is 11.7 Å². The van der Waals surface area contributed by atoms with E-state index >= 15 is 0 Å². The van der Waals surface area contributed by atoms with Crippen LogP contribution in [-0.2, 0) is 0 Å². The molecule has 0 aliphatic rings. The number of benzene rings is 2. The summed E-state index contributed by atoms with van der Waals surface area (Å²) in [4.78, 5) is 11.8. The molecule has 2 rings (SSSR count). The minimum Gasteiger partial charge on any atom is -0.490 e. The van der Waals surface area contributed by atoms with Gasteiger partial charge in [0.25, 0.3) is 0 Å². The van der Waals surface area contributed by atoms with E-state index in [1.807, 2.05) is 56.3 Å². The molecular weight excluding hydrogens is 280 g/mol. The molecule has 0 spiro atoms. The van der Waals surface area contributed by atoms with Gasteiger partial charge in [0.1, 0.15) is 0 Å². The fourth-order valence-corrected chi connectivity index (χ4v) is 1.90. The van der Waals surface area contributed by atoms with Crippen molar-refractivity contribution in [3.05, 3.63) is 54.1 Å². The van der Waals surface area contributed by atoms with E-state index in [0.717, 1.165) is 11.3 Å². The third-order valence-corrected chi connectivity index (χ3v) is 3.00. The second-order valence-electron chi connectivity index (χ2n) is 4.61. The van der Waals surface area contributed by atoms with Crippen LogP contribution >= 0.6 is 0 Å². The van der Waals surface area contributed by atoms with Gasteiger partial charge in [0.15, 0.2) is 18.2 Å². The maximum atomic E-state index is 11.8. The van der Waals surface area contributed by atoms with Crippen LogP contribution in [-0.4, -0.2) is 19.4 Å². The maximum Gasteiger partial charge on any atom is 0.321 e. The number of urea groups is 1. The zero-order valence-corrected chi connectivity index (χ0v) is 12.8. The largest absolute Gasteiger partial charge is 0.490 e. The van der Waals surface area contributed by atoms with Gasteiger partial charge in [0, 0.05) is 5.69 Å². The van der Waals surface area contributed by atoms with E-state index < -0.39 is 0 Å². The summed E-state index contributed by atoms with van der Waals surface area (Å²) in [5, 5.41) is 5.42. The van der Waals surface area contributed by atoms with Crippen LogP contribution in [0.2, 0.25) is 0 Å². The summed E-state index contributed by atoms with van der Waals surface area (Å²) in [5.41, 5.74) is 1.77. The van der Waals surface area contributed by atoms with Gasteiger partial charge < -0.3 is 20.1 Å². The van der Waals surface area contributed by atoms with Gasteiger partial charge in [-0.05, 0) is 37.6 Å².